The molecule has 18 heavy (non-hydrogen) atoms. The van der Waals surface area contributed by atoms with Gasteiger partial charge in [-0.25, -0.2) is 0 Å². The predicted octanol–water partition coefficient (Wildman–Crippen LogP) is 3.19. The van der Waals surface area contributed by atoms with Crippen LogP contribution in [0.1, 0.15) is 46.5 Å². The van der Waals surface area contributed by atoms with Crippen LogP contribution in [0.4, 0.5) is 0 Å². The third-order valence-electron chi connectivity index (χ3n) is 4.50. The first-order chi connectivity index (χ1) is 7.98. The van der Waals surface area contributed by atoms with E-state index in [9.17, 15) is 10.2 Å². The van der Waals surface area contributed by atoms with E-state index in [4.69, 9.17) is 4.43 Å². The molecule has 1 unspecified atom stereocenters. The van der Waals surface area contributed by atoms with Crippen LogP contribution < -0.4 is 0 Å². The minimum Gasteiger partial charge on any atom is -0.390 e. The van der Waals surface area contributed by atoms with Crippen molar-refractivity contribution in [3.05, 3.63) is 12.2 Å². The molecule has 4 heteroatoms. The first-order valence-corrected chi connectivity index (χ1v) is 9.64. The summed E-state index contributed by atoms with van der Waals surface area (Å²) in [6, 6.07) is 0. The number of aliphatic hydroxyl groups excluding tert-OH is 1. The Morgan fingerprint density at radius 3 is 2.11 bits per heavy atom. The molecule has 0 aromatic rings. The maximum Gasteiger partial charge on any atom is 0.195 e. The molecule has 0 heterocycles. The van der Waals surface area contributed by atoms with Crippen LogP contribution >= 0.6 is 0 Å². The maximum atomic E-state index is 10.5. The minimum atomic E-state index is -2.05. The molecule has 0 bridgehead atoms. The lowest BCUT2D eigenvalue weighted by Gasteiger charge is -2.43. The summed E-state index contributed by atoms with van der Waals surface area (Å²) in [4.78, 5) is 0. The molecule has 0 saturated heterocycles. The van der Waals surface area contributed by atoms with Crippen molar-refractivity contribution in [3.63, 3.8) is 0 Å². The normalized spacial score (nSPS) is 22.9. The van der Waals surface area contributed by atoms with E-state index >= 15 is 0 Å². The Balaban J connectivity index is 2.70. The predicted molar refractivity (Wildman–Crippen MR) is 76.8 cm³/mol. The first kappa shape index (κ1) is 15.9. The van der Waals surface area contributed by atoms with Gasteiger partial charge in [-0.15, -0.1) is 0 Å². The minimum absolute atomic E-state index is 0.0304. The summed E-state index contributed by atoms with van der Waals surface area (Å²) < 4.78 is 5.89. The highest BCUT2D eigenvalue weighted by Gasteiger charge is 2.45. The summed E-state index contributed by atoms with van der Waals surface area (Å²) in [5.41, 5.74) is 0.0516. The van der Waals surface area contributed by atoms with Gasteiger partial charge in [0.2, 0.25) is 0 Å². The number of aliphatic hydroxyl groups is 2. The highest BCUT2D eigenvalue weighted by Crippen LogP contribution is 2.40. The molecule has 0 aromatic heterocycles. The SMILES string of the molecule is C=C1CCC(O)(C(O)O[Si](C)(C)C(C)(C)C)CC1. The lowest BCUT2D eigenvalue weighted by molar-refractivity contribution is -0.184. The van der Waals surface area contributed by atoms with Crippen molar-refractivity contribution in [2.24, 2.45) is 0 Å². The molecule has 1 saturated carbocycles. The molecule has 1 atom stereocenters. The van der Waals surface area contributed by atoms with Crippen molar-refractivity contribution in [2.75, 3.05) is 0 Å². The monoisotopic (exact) mass is 272 g/mol. The molecule has 0 radical (unpaired) electrons. The summed E-state index contributed by atoms with van der Waals surface area (Å²) in [5, 5.41) is 20.8. The Bertz CT molecular complexity index is 307. The van der Waals surface area contributed by atoms with Gasteiger partial charge in [-0.2, -0.15) is 0 Å². The molecule has 1 aliphatic rings. The number of allylic oxidation sites excluding steroid dienone is 1. The summed E-state index contributed by atoms with van der Waals surface area (Å²) in [7, 11) is -2.05. The average Bonchev–Trinajstić information content (AvgIpc) is 2.20. The van der Waals surface area contributed by atoms with Gasteiger partial charge >= 0.3 is 0 Å². The lowest BCUT2D eigenvalue weighted by Crippen LogP contribution is -2.53. The third kappa shape index (κ3) is 3.44. The second-order valence-electron chi connectivity index (χ2n) is 7.08. The van der Waals surface area contributed by atoms with E-state index in [1.54, 1.807) is 0 Å². The number of rotatable bonds is 3. The molecule has 0 aliphatic heterocycles. The van der Waals surface area contributed by atoms with Crippen LogP contribution in [0.3, 0.4) is 0 Å². The summed E-state index contributed by atoms with van der Waals surface area (Å²) in [6.07, 6.45) is 1.55. The van der Waals surface area contributed by atoms with Gasteiger partial charge in [0.05, 0.1) is 0 Å². The Morgan fingerprint density at radius 2 is 1.72 bits per heavy atom. The largest absolute Gasteiger partial charge is 0.390 e. The van der Waals surface area contributed by atoms with Gasteiger partial charge in [-0.3, -0.25) is 0 Å². The zero-order valence-corrected chi connectivity index (χ0v) is 13.4. The quantitative estimate of drug-likeness (QED) is 0.471. The first-order valence-electron chi connectivity index (χ1n) is 6.73. The molecule has 1 aliphatic carbocycles. The van der Waals surface area contributed by atoms with Crippen LogP contribution in [0.2, 0.25) is 18.1 Å². The summed E-state index contributed by atoms with van der Waals surface area (Å²) >= 11 is 0. The van der Waals surface area contributed by atoms with Crippen molar-refractivity contribution >= 4 is 8.32 Å². The Hall–Kier alpha value is -0.163. The maximum absolute atomic E-state index is 10.5. The van der Waals surface area contributed by atoms with Crippen LogP contribution in [0.5, 0.6) is 0 Å². The van der Waals surface area contributed by atoms with Gasteiger partial charge in [0.15, 0.2) is 14.6 Å². The van der Waals surface area contributed by atoms with Crippen LogP contribution in [0.25, 0.3) is 0 Å². The molecule has 0 amide bonds. The highest BCUT2D eigenvalue weighted by atomic mass is 28.4. The highest BCUT2D eigenvalue weighted by molar-refractivity contribution is 6.74. The molecular formula is C14H28O3Si. The van der Waals surface area contributed by atoms with Gasteiger partial charge in [-0.1, -0.05) is 32.9 Å². The van der Waals surface area contributed by atoms with Crippen molar-refractivity contribution in [1.29, 1.82) is 0 Å². The average molecular weight is 272 g/mol. The fourth-order valence-electron chi connectivity index (χ4n) is 1.85. The van der Waals surface area contributed by atoms with E-state index in [0.717, 1.165) is 18.4 Å². The molecule has 0 spiro atoms. The van der Waals surface area contributed by atoms with Crippen molar-refractivity contribution in [3.8, 4) is 0 Å². The van der Waals surface area contributed by atoms with Gasteiger partial charge in [-0.05, 0) is 43.8 Å². The fraction of sp³-hybridized carbons (Fsp3) is 0.857. The van der Waals surface area contributed by atoms with Crippen LogP contribution in [0, 0.1) is 0 Å². The van der Waals surface area contributed by atoms with E-state index in [1.807, 2.05) is 0 Å². The molecule has 1 rings (SSSR count). The lowest BCUT2D eigenvalue weighted by atomic mass is 9.82. The topological polar surface area (TPSA) is 49.7 Å². The smallest absolute Gasteiger partial charge is 0.195 e. The van der Waals surface area contributed by atoms with Gasteiger partial charge in [0.25, 0.3) is 0 Å². The van der Waals surface area contributed by atoms with Crippen molar-refractivity contribution in [2.45, 2.75) is 76.5 Å². The van der Waals surface area contributed by atoms with Crippen LogP contribution in [0.15, 0.2) is 12.2 Å². The molecule has 3 nitrogen and oxygen atoms in total. The second-order valence-corrected chi connectivity index (χ2v) is 11.8. The Labute approximate surface area is 112 Å². The molecular weight excluding hydrogens is 244 g/mol. The molecule has 0 aromatic carbocycles. The van der Waals surface area contributed by atoms with Gasteiger partial charge in [0, 0.05) is 0 Å². The van der Waals surface area contributed by atoms with E-state index in [0.29, 0.717) is 12.8 Å². The van der Waals surface area contributed by atoms with E-state index in [2.05, 4.69) is 40.4 Å². The Morgan fingerprint density at radius 1 is 1.28 bits per heavy atom. The van der Waals surface area contributed by atoms with Gasteiger partial charge < -0.3 is 14.6 Å². The number of hydrogen-bond acceptors (Lipinski definition) is 3. The molecule has 1 fully saturated rings. The zero-order chi connectivity index (χ0) is 14.2. The standard InChI is InChI=1S/C14H28O3Si/c1-11-7-9-14(16,10-8-11)12(15)17-18(5,6)13(2,3)4/h12,15-16H,1,7-10H2,2-6H3. The van der Waals surface area contributed by atoms with Crippen molar-refractivity contribution in [1.82, 2.24) is 0 Å². The zero-order valence-electron chi connectivity index (χ0n) is 12.4. The van der Waals surface area contributed by atoms with E-state index in [1.165, 1.54) is 0 Å². The summed E-state index contributed by atoms with van der Waals surface area (Å²) in [6.45, 7) is 14.5. The van der Waals surface area contributed by atoms with Crippen LogP contribution in [-0.2, 0) is 4.43 Å². The van der Waals surface area contributed by atoms with E-state index in [-0.39, 0.29) is 5.04 Å². The fourth-order valence-corrected chi connectivity index (χ4v) is 2.98. The summed E-state index contributed by atoms with van der Waals surface area (Å²) in [5.74, 6) is 0. The third-order valence-corrected chi connectivity index (χ3v) is 8.92. The van der Waals surface area contributed by atoms with E-state index < -0.39 is 20.2 Å². The molecule has 106 valence electrons. The van der Waals surface area contributed by atoms with Gasteiger partial charge in [0.1, 0.15) is 5.60 Å². The van der Waals surface area contributed by atoms with Crippen LogP contribution in [-0.4, -0.2) is 30.4 Å². The molecule has 2 N–H and O–H groups in total. The van der Waals surface area contributed by atoms with Crippen molar-refractivity contribution < 1.29 is 14.6 Å². The number of hydrogen-bond donors (Lipinski definition) is 2. The Kier molecular flexibility index (Phi) is 4.48. The second kappa shape index (κ2) is 5.08.